The fourth-order valence-corrected chi connectivity index (χ4v) is 3.12. The highest BCUT2D eigenvalue weighted by Gasteiger charge is 2.22. The first-order chi connectivity index (χ1) is 11.7. The van der Waals surface area contributed by atoms with Gasteiger partial charge in [-0.25, -0.2) is 0 Å². The average molecular weight is 345 g/mol. The van der Waals surface area contributed by atoms with Crippen molar-refractivity contribution in [3.8, 4) is 0 Å². The largest absolute Gasteiger partial charge is 0.350 e. The maximum absolute atomic E-state index is 12.6. The van der Waals surface area contributed by atoms with E-state index < -0.39 is 0 Å². The molecule has 1 fully saturated rings. The van der Waals surface area contributed by atoms with E-state index in [0.29, 0.717) is 19.5 Å². The second-order valence-corrected chi connectivity index (χ2v) is 7.91. The van der Waals surface area contributed by atoms with Gasteiger partial charge in [-0.05, 0) is 45.2 Å². The van der Waals surface area contributed by atoms with Crippen molar-refractivity contribution in [3.63, 3.8) is 0 Å². The number of hydrogen-bond donors (Lipinski definition) is 1. The van der Waals surface area contributed by atoms with Crippen molar-refractivity contribution in [2.45, 2.75) is 46.1 Å². The summed E-state index contributed by atoms with van der Waals surface area (Å²) in [4.78, 5) is 28.8. The van der Waals surface area contributed by atoms with Gasteiger partial charge in [0.15, 0.2) is 0 Å². The van der Waals surface area contributed by atoms with Crippen LogP contribution in [0.5, 0.6) is 0 Å². The summed E-state index contributed by atoms with van der Waals surface area (Å²) in [7, 11) is 0. The molecule has 138 valence electrons. The standard InChI is InChI=1S/C20H31N3O2/c1-16-8-5-6-9-17(16)14-19(25)23-11-7-10-22(12-13-23)15-18(24)21-20(2,3)4/h5-6,8-9H,7,10-15H2,1-4H3,(H,21,24). The molecule has 2 rings (SSSR count). The summed E-state index contributed by atoms with van der Waals surface area (Å²) in [6.45, 7) is 11.5. The van der Waals surface area contributed by atoms with E-state index in [2.05, 4.69) is 10.2 Å². The molecule has 1 N–H and O–H groups in total. The molecule has 0 aliphatic carbocycles. The number of nitrogens with one attached hydrogen (secondary N) is 1. The minimum absolute atomic E-state index is 0.0483. The molecule has 0 aromatic heterocycles. The smallest absolute Gasteiger partial charge is 0.234 e. The van der Waals surface area contributed by atoms with Gasteiger partial charge in [-0.1, -0.05) is 24.3 Å². The van der Waals surface area contributed by atoms with Crippen molar-refractivity contribution in [1.29, 1.82) is 0 Å². The molecule has 0 saturated carbocycles. The molecule has 5 heteroatoms. The predicted molar refractivity (Wildman–Crippen MR) is 100 cm³/mol. The zero-order valence-electron chi connectivity index (χ0n) is 16.0. The SMILES string of the molecule is Cc1ccccc1CC(=O)N1CCCN(CC(=O)NC(C)(C)C)CC1. The summed E-state index contributed by atoms with van der Waals surface area (Å²) < 4.78 is 0. The lowest BCUT2D eigenvalue weighted by Gasteiger charge is -2.25. The first-order valence-electron chi connectivity index (χ1n) is 9.10. The normalized spacial score (nSPS) is 16.4. The summed E-state index contributed by atoms with van der Waals surface area (Å²) in [6, 6.07) is 8.04. The lowest BCUT2D eigenvalue weighted by atomic mass is 10.1. The number of carbonyl (C=O) groups is 2. The summed E-state index contributed by atoms with van der Waals surface area (Å²) >= 11 is 0. The third kappa shape index (κ3) is 6.50. The van der Waals surface area contributed by atoms with Gasteiger partial charge in [-0.2, -0.15) is 0 Å². The highest BCUT2D eigenvalue weighted by atomic mass is 16.2. The number of nitrogens with zero attached hydrogens (tertiary/aromatic N) is 2. The van der Waals surface area contributed by atoms with E-state index in [1.54, 1.807) is 0 Å². The van der Waals surface area contributed by atoms with Crippen molar-refractivity contribution >= 4 is 11.8 Å². The van der Waals surface area contributed by atoms with Crippen molar-refractivity contribution in [2.75, 3.05) is 32.7 Å². The molecule has 1 aliphatic heterocycles. The Balaban J connectivity index is 1.85. The van der Waals surface area contributed by atoms with E-state index in [1.165, 1.54) is 0 Å². The van der Waals surface area contributed by atoms with Crippen LogP contribution in [-0.2, 0) is 16.0 Å². The Bertz CT molecular complexity index is 607. The van der Waals surface area contributed by atoms with Crippen LogP contribution >= 0.6 is 0 Å². The van der Waals surface area contributed by atoms with E-state index in [9.17, 15) is 9.59 Å². The third-order valence-corrected chi connectivity index (χ3v) is 4.43. The maximum atomic E-state index is 12.6. The molecule has 0 unspecified atom stereocenters. The summed E-state index contributed by atoms with van der Waals surface area (Å²) in [5.41, 5.74) is 2.04. The molecule has 1 heterocycles. The molecule has 1 aromatic carbocycles. The Hall–Kier alpha value is -1.88. The first kappa shape index (κ1) is 19.4. The second kappa shape index (κ2) is 8.48. The average Bonchev–Trinajstić information content (AvgIpc) is 2.73. The molecule has 0 bridgehead atoms. The summed E-state index contributed by atoms with van der Waals surface area (Å²) in [5.74, 6) is 0.225. The van der Waals surface area contributed by atoms with Crippen molar-refractivity contribution in [3.05, 3.63) is 35.4 Å². The Morgan fingerprint density at radius 2 is 1.80 bits per heavy atom. The fraction of sp³-hybridized carbons (Fsp3) is 0.600. The molecule has 1 aromatic rings. The minimum Gasteiger partial charge on any atom is -0.350 e. The Labute approximate surface area is 151 Å². The molecule has 25 heavy (non-hydrogen) atoms. The zero-order chi connectivity index (χ0) is 18.4. The number of aryl methyl sites for hydroxylation is 1. The molecular formula is C20H31N3O2. The first-order valence-corrected chi connectivity index (χ1v) is 9.10. The van der Waals surface area contributed by atoms with E-state index in [1.807, 2.05) is 56.9 Å². The van der Waals surface area contributed by atoms with Crippen LogP contribution in [0.2, 0.25) is 0 Å². The lowest BCUT2D eigenvalue weighted by Crippen LogP contribution is -2.46. The van der Waals surface area contributed by atoms with Crippen LogP contribution in [0.4, 0.5) is 0 Å². The van der Waals surface area contributed by atoms with Crippen LogP contribution in [-0.4, -0.2) is 59.9 Å². The Morgan fingerprint density at radius 3 is 2.48 bits per heavy atom. The number of rotatable bonds is 4. The van der Waals surface area contributed by atoms with Crippen LogP contribution in [0, 0.1) is 6.92 Å². The van der Waals surface area contributed by atoms with Crippen LogP contribution < -0.4 is 5.32 Å². The quantitative estimate of drug-likeness (QED) is 0.908. The molecule has 0 atom stereocenters. The molecule has 1 saturated heterocycles. The fourth-order valence-electron chi connectivity index (χ4n) is 3.12. The lowest BCUT2D eigenvalue weighted by molar-refractivity contribution is -0.130. The number of carbonyl (C=O) groups excluding carboxylic acids is 2. The van der Waals surface area contributed by atoms with Gasteiger partial charge < -0.3 is 10.2 Å². The molecule has 5 nitrogen and oxygen atoms in total. The number of amides is 2. The Kier molecular flexibility index (Phi) is 6.59. The highest BCUT2D eigenvalue weighted by Crippen LogP contribution is 2.11. The molecule has 1 aliphatic rings. The topological polar surface area (TPSA) is 52.7 Å². The van der Waals surface area contributed by atoms with Crippen LogP contribution in [0.1, 0.15) is 38.3 Å². The minimum atomic E-state index is -0.210. The molecule has 2 amide bonds. The monoisotopic (exact) mass is 345 g/mol. The van der Waals surface area contributed by atoms with Gasteiger partial charge >= 0.3 is 0 Å². The Morgan fingerprint density at radius 1 is 1.08 bits per heavy atom. The van der Waals surface area contributed by atoms with E-state index in [4.69, 9.17) is 0 Å². The predicted octanol–water partition coefficient (Wildman–Crippen LogP) is 1.99. The summed E-state index contributed by atoms with van der Waals surface area (Å²) in [5, 5.41) is 3.00. The van der Waals surface area contributed by atoms with E-state index >= 15 is 0 Å². The number of benzene rings is 1. The highest BCUT2D eigenvalue weighted by molar-refractivity contribution is 5.79. The third-order valence-electron chi connectivity index (χ3n) is 4.43. The van der Waals surface area contributed by atoms with Gasteiger partial charge in [0, 0.05) is 31.7 Å². The van der Waals surface area contributed by atoms with Gasteiger partial charge in [-0.3, -0.25) is 14.5 Å². The van der Waals surface area contributed by atoms with Gasteiger partial charge in [0.1, 0.15) is 0 Å². The van der Waals surface area contributed by atoms with Gasteiger partial charge in [0.05, 0.1) is 13.0 Å². The molecule has 0 spiro atoms. The van der Waals surface area contributed by atoms with Gasteiger partial charge in [0.25, 0.3) is 0 Å². The van der Waals surface area contributed by atoms with Crippen molar-refractivity contribution < 1.29 is 9.59 Å². The molecular weight excluding hydrogens is 314 g/mol. The van der Waals surface area contributed by atoms with Gasteiger partial charge in [-0.15, -0.1) is 0 Å². The van der Waals surface area contributed by atoms with Crippen LogP contribution in [0.3, 0.4) is 0 Å². The van der Waals surface area contributed by atoms with E-state index in [0.717, 1.165) is 37.2 Å². The van der Waals surface area contributed by atoms with Crippen molar-refractivity contribution in [2.24, 2.45) is 0 Å². The van der Waals surface area contributed by atoms with Crippen molar-refractivity contribution in [1.82, 2.24) is 15.1 Å². The molecule has 0 radical (unpaired) electrons. The zero-order valence-corrected chi connectivity index (χ0v) is 16.0. The van der Waals surface area contributed by atoms with E-state index in [-0.39, 0.29) is 17.4 Å². The second-order valence-electron chi connectivity index (χ2n) is 7.91. The summed E-state index contributed by atoms with van der Waals surface area (Å²) in [6.07, 6.45) is 1.36. The van der Waals surface area contributed by atoms with Crippen LogP contribution in [0.25, 0.3) is 0 Å². The maximum Gasteiger partial charge on any atom is 0.234 e. The number of hydrogen-bond acceptors (Lipinski definition) is 3. The van der Waals surface area contributed by atoms with Crippen LogP contribution in [0.15, 0.2) is 24.3 Å². The van der Waals surface area contributed by atoms with Gasteiger partial charge in [0.2, 0.25) is 11.8 Å².